The molecule has 3 aromatic rings. The van der Waals surface area contributed by atoms with Crippen LogP contribution in [-0.2, 0) is 4.74 Å². The number of H-pyrrole nitrogens is 2. The van der Waals surface area contributed by atoms with Gasteiger partial charge in [-0.1, -0.05) is 0 Å². The summed E-state index contributed by atoms with van der Waals surface area (Å²) >= 11 is 0. The first kappa shape index (κ1) is 13.4. The number of rotatable bonds is 5. The van der Waals surface area contributed by atoms with Crippen molar-refractivity contribution in [3.8, 4) is 11.1 Å². The van der Waals surface area contributed by atoms with Gasteiger partial charge in [-0.3, -0.25) is 4.79 Å². The monoisotopic (exact) mass is 284 g/mol. The van der Waals surface area contributed by atoms with E-state index in [0.717, 1.165) is 16.6 Å². The topological polar surface area (TPSA) is 82.8 Å². The molecular formula is C15H16N4O2. The van der Waals surface area contributed by atoms with Crippen molar-refractivity contribution in [1.29, 1.82) is 0 Å². The third kappa shape index (κ3) is 2.66. The smallest absolute Gasteiger partial charge is 0.255 e. The van der Waals surface area contributed by atoms with Gasteiger partial charge in [-0.25, -0.2) is 4.98 Å². The average molecular weight is 284 g/mol. The summed E-state index contributed by atoms with van der Waals surface area (Å²) in [6, 6.07) is 7.42. The Kier molecular flexibility index (Phi) is 3.70. The molecule has 21 heavy (non-hydrogen) atoms. The van der Waals surface area contributed by atoms with E-state index in [4.69, 9.17) is 4.74 Å². The number of aromatic amines is 2. The molecule has 0 aliphatic carbocycles. The number of hydrogen-bond acceptors (Lipinski definition) is 4. The van der Waals surface area contributed by atoms with Crippen LogP contribution >= 0.6 is 0 Å². The van der Waals surface area contributed by atoms with E-state index in [9.17, 15) is 4.79 Å². The highest BCUT2D eigenvalue weighted by Crippen LogP contribution is 2.27. The van der Waals surface area contributed by atoms with E-state index in [-0.39, 0.29) is 5.56 Å². The summed E-state index contributed by atoms with van der Waals surface area (Å²) in [6.45, 7) is 1.24. The molecule has 6 nitrogen and oxygen atoms in total. The molecule has 3 rings (SSSR count). The van der Waals surface area contributed by atoms with Crippen LogP contribution in [0.4, 0.5) is 5.82 Å². The maximum atomic E-state index is 12.0. The van der Waals surface area contributed by atoms with E-state index in [1.54, 1.807) is 19.4 Å². The largest absolute Gasteiger partial charge is 0.383 e. The average Bonchev–Trinajstić information content (AvgIpc) is 2.96. The van der Waals surface area contributed by atoms with Crippen LogP contribution in [0, 0.1) is 0 Å². The molecule has 0 atom stereocenters. The fourth-order valence-electron chi connectivity index (χ4n) is 2.27. The minimum Gasteiger partial charge on any atom is -0.383 e. The van der Waals surface area contributed by atoms with Crippen LogP contribution < -0.4 is 10.9 Å². The van der Waals surface area contributed by atoms with Crippen molar-refractivity contribution >= 4 is 16.9 Å². The van der Waals surface area contributed by atoms with Crippen LogP contribution in [0.5, 0.6) is 0 Å². The molecule has 3 aromatic heterocycles. The molecule has 3 heterocycles. The molecule has 0 unspecified atom stereocenters. The minimum atomic E-state index is -0.117. The van der Waals surface area contributed by atoms with Crippen LogP contribution in [-0.4, -0.2) is 35.2 Å². The molecule has 0 spiro atoms. The van der Waals surface area contributed by atoms with Gasteiger partial charge in [0.15, 0.2) is 0 Å². The third-order valence-electron chi connectivity index (χ3n) is 3.25. The summed E-state index contributed by atoms with van der Waals surface area (Å²) in [5.74, 6) is 0.709. The van der Waals surface area contributed by atoms with Crippen molar-refractivity contribution in [2.45, 2.75) is 0 Å². The third-order valence-corrected chi connectivity index (χ3v) is 3.25. The van der Waals surface area contributed by atoms with Gasteiger partial charge in [-0.05, 0) is 24.3 Å². The highest BCUT2D eigenvalue weighted by molar-refractivity contribution is 5.94. The zero-order chi connectivity index (χ0) is 14.7. The first-order valence-corrected chi connectivity index (χ1v) is 6.68. The molecule has 0 saturated carbocycles. The molecule has 0 radical (unpaired) electrons. The van der Waals surface area contributed by atoms with Crippen LogP contribution in [0.2, 0.25) is 0 Å². The summed E-state index contributed by atoms with van der Waals surface area (Å²) in [5, 5.41) is 4.11. The molecule has 108 valence electrons. The second-order valence-corrected chi connectivity index (χ2v) is 4.63. The number of pyridine rings is 2. The quantitative estimate of drug-likeness (QED) is 0.626. The lowest BCUT2D eigenvalue weighted by Gasteiger charge is -2.08. The lowest BCUT2D eigenvalue weighted by atomic mass is 10.1. The van der Waals surface area contributed by atoms with Gasteiger partial charge in [0.1, 0.15) is 11.5 Å². The Morgan fingerprint density at radius 3 is 2.95 bits per heavy atom. The lowest BCUT2D eigenvalue weighted by Crippen LogP contribution is -2.10. The Hall–Kier alpha value is -2.60. The molecule has 0 saturated heterocycles. The zero-order valence-corrected chi connectivity index (χ0v) is 11.6. The Morgan fingerprint density at radius 2 is 2.14 bits per heavy atom. The van der Waals surface area contributed by atoms with Crippen LogP contribution in [0.25, 0.3) is 22.2 Å². The fraction of sp³-hybridized carbons (Fsp3) is 0.200. The number of nitrogens with one attached hydrogen (secondary N) is 3. The van der Waals surface area contributed by atoms with Crippen LogP contribution in [0.15, 0.2) is 41.5 Å². The van der Waals surface area contributed by atoms with Crippen molar-refractivity contribution in [3.05, 3.63) is 47.0 Å². The summed E-state index contributed by atoms with van der Waals surface area (Å²) in [7, 11) is 1.65. The van der Waals surface area contributed by atoms with E-state index >= 15 is 0 Å². The predicted octanol–water partition coefficient (Wildman–Crippen LogP) is 1.98. The number of anilines is 1. The Labute approximate surface area is 121 Å². The van der Waals surface area contributed by atoms with Crippen molar-refractivity contribution in [2.24, 2.45) is 0 Å². The molecule has 0 aliphatic heterocycles. The van der Waals surface area contributed by atoms with E-state index in [1.807, 2.05) is 24.4 Å². The number of nitrogens with zero attached hydrogens (tertiary/aromatic N) is 1. The first-order chi connectivity index (χ1) is 10.3. The van der Waals surface area contributed by atoms with Gasteiger partial charge < -0.3 is 20.0 Å². The molecule has 0 aromatic carbocycles. The van der Waals surface area contributed by atoms with Gasteiger partial charge in [-0.2, -0.15) is 0 Å². The van der Waals surface area contributed by atoms with E-state index in [2.05, 4.69) is 20.3 Å². The van der Waals surface area contributed by atoms with Gasteiger partial charge in [0.2, 0.25) is 0 Å². The van der Waals surface area contributed by atoms with E-state index in [0.29, 0.717) is 24.5 Å². The molecule has 0 fully saturated rings. The highest BCUT2D eigenvalue weighted by Gasteiger charge is 2.11. The van der Waals surface area contributed by atoms with Gasteiger partial charge in [0.05, 0.1) is 6.61 Å². The normalized spacial score (nSPS) is 10.9. The molecular weight excluding hydrogens is 268 g/mol. The second kappa shape index (κ2) is 5.80. The maximum absolute atomic E-state index is 12.0. The SMILES string of the molecule is COCCNc1cc(-c2ccc[nH]c2=O)c2cc[nH]c2n1. The summed E-state index contributed by atoms with van der Waals surface area (Å²) in [4.78, 5) is 22.3. The first-order valence-electron chi connectivity index (χ1n) is 6.68. The van der Waals surface area contributed by atoms with Crippen molar-refractivity contribution in [1.82, 2.24) is 15.0 Å². The standard InChI is InChI=1S/C15H16N4O2/c1-21-8-7-16-13-9-12(10-4-6-17-14(10)19-13)11-3-2-5-18-15(11)20/h2-6,9H,7-8H2,1H3,(H,18,20)(H2,16,17,19). The summed E-state index contributed by atoms with van der Waals surface area (Å²) in [5.41, 5.74) is 2.10. The van der Waals surface area contributed by atoms with Gasteiger partial charge in [-0.15, -0.1) is 0 Å². The number of methoxy groups -OCH3 is 1. The van der Waals surface area contributed by atoms with Gasteiger partial charge >= 0.3 is 0 Å². The molecule has 6 heteroatoms. The number of ether oxygens (including phenoxy) is 1. The zero-order valence-electron chi connectivity index (χ0n) is 11.6. The molecule has 0 aliphatic rings. The van der Waals surface area contributed by atoms with Crippen LogP contribution in [0.1, 0.15) is 0 Å². The van der Waals surface area contributed by atoms with E-state index in [1.165, 1.54) is 0 Å². The van der Waals surface area contributed by atoms with E-state index < -0.39 is 0 Å². The summed E-state index contributed by atoms with van der Waals surface area (Å²) in [6.07, 6.45) is 3.44. The molecule has 3 N–H and O–H groups in total. The van der Waals surface area contributed by atoms with Crippen molar-refractivity contribution in [2.75, 3.05) is 25.6 Å². The number of hydrogen-bond donors (Lipinski definition) is 3. The number of aromatic nitrogens is 3. The lowest BCUT2D eigenvalue weighted by molar-refractivity contribution is 0.210. The Morgan fingerprint density at radius 1 is 1.24 bits per heavy atom. The Bertz CT molecular complexity index is 807. The van der Waals surface area contributed by atoms with Gasteiger partial charge in [0.25, 0.3) is 5.56 Å². The Balaban J connectivity index is 2.10. The number of fused-ring (bicyclic) bond motifs is 1. The van der Waals surface area contributed by atoms with Crippen molar-refractivity contribution in [3.63, 3.8) is 0 Å². The molecule has 0 bridgehead atoms. The maximum Gasteiger partial charge on any atom is 0.255 e. The van der Waals surface area contributed by atoms with Crippen molar-refractivity contribution < 1.29 is 4.74 Å². The minimum absolute atomic E-state index is 0.117. The predicted molar refractivity (Wildman–Crippen MR) is 82.5 cm³/mol. The van der Waals surface area contributed by atoms with Crippen LogP contribution in [0.3, 0.4) is 0 Å². The highest BCUT2D eigenvalue weighted by atomic mass is 16.5. The second-order valence-electron chi connectivity index (χ2n) is 4.63. The van der Waals surface area contributed by atoms with Gasteiger partial charge in [0, 0.05) is 42.6 Å². The fourth-order valence-corrected chi connectivity index (χ4v) is 2.27. The molecule has 0 amide bonds. The summed E-state index contributed by atoms with van der Waals surface area (Å²) < 4.78 is 5.02.